The van der Waals surface area contributed by atoms with Gasteiger partial charge in [0.05, 0.1) is 22.5 Å². The molecule has 1 unspecified atom stereocenters. The summed E-state index contributed by atoms with van der Waals surface area (Å²) in [5.74, 6) is 0. The second-order valence-corrected chi connectivity index (χ2v) is 4.98. The van der Waals surface area contributed by atoms with Gasteiger partial charge in [0.25, 0.3) is 5.56 Å². The van der Waals surface area contributed by atoms with Crippen LogP contribution in [0.2, 0.25) is 0 Å². The fourth-order valence-corrected chi connectivity index (χ4v) is 2.67. The monoisotopic (exact) mass is 269 g/mol. The molecule has 1 atom stereocenters. The lowest BCUT2D eigenvalue weighted by Gasteiger charge is -2.42. The van der Waals surface area contributed by atoms with E-state index in [0.717, 1.165) is 32.0 Å². The van der Waals surface area contributed by atoms with Crippen molar-refractivity contribution in [1.82, 2.24) is 9.88 Å². The van der Waals surface area contributed by atoms with E-state index in [1.807, 2.05) is 6.07 Å². The zero-order chi connectivity index (χ0) is 10.4. The molecule has 15 heavy (non-hydrogen) atoms. The largest absolute Gasteiger partial charge is 0.357 e. The maximum absolute atomic E-state index is 11.5. The number of halogens is 1. The minimum absolute atomic E-state index is 0.0314. The lowest BCUT2D eigenvalue weighted by molar-refractivity contribution is 0.216. The molecule has 5 heteroatoms. The predicted octanol–water partition coefficient (Wildman–Crippen LogP) is 1.12. The Morgan fingerprint density at radius 2 is 2.27 bits per heavy atom. The lowest BCUT2D eigenvalue weighted by Crippen LogP contribution is -2.48. The van der Waals surface area contributed by atoms with Crippen LogP contribution in [0.3, 0.4) is 0 Å². The molecule has 1 fully saturated rings. The Balaban J connectivity index is 2.13. The first-order valence-corrected chi connectivity index (χ1v) is 5.92. The molecule has 2 aliphatic heterocycles. The van der Waals surface area contributed by atoms with E-state index in [-0.39, 0.29) is 5.56 Å². The number of aromatic nitrogens is 1. The standard InChI is InChI=1S/C10H12BrN3O/c11-7-4-9-8(12-10(7)15)5-13-2-1-3-14(9)6-13/h4H,1-3,5-6H2,(H,12,15). The minimum Gasteiger partial charge on any atom is -0.357 e. The van der Waals surface area contributed by atoms with E-state index in [0.29, 0.717) is 4.47 Å². The number of fused-ring (bicyclic) bond motifs is 4. The van der Waals surface area contributed by atoms with Crippen LogP contribution in [0.25, 0.3) is 0 Å². The molecule has 1 aromatic heterocycles. The Bertz CT molecular complexity index is 456. The van der Waals surface area contributed by atoms with E-state index >= 15 is 0 Å². The number of nitrogens with one attached hydrogen (secondary N) is 1. The molecule has 1 aromatic rings. The first kappa shape index (κ1) is 9.42. The van der Waals surface area contributed by atoms with Crippen molar-refractivity contribution in [2.45, 2.75) is 13.0 Å². The molecule has 1 N–H and O–H groups in total. The maximum Gasteiger partial charge on any atom is 0.262 e. The number of rotatable bonds is 0. The topological polar surface area (TPSA) is 39.3 Å². The normalized spacial score (nSPS) is 23.8. The van der Waals surface area contributed by atoms with Crippen LogP contribution < -0.4 is 10.5 Å². The highest BCUT2D eigenvalue weighted by Gasteiger charge is 2.26. The number of H-pyrrole nitrogens is 1. The highest BCUT2D eigenvalue weighted by molar-refractivity contribution is 9.10. The molecule has 0 amide bonds. The molecule has 0 aromatic carbocycles. The van der Waals surface area contributed by atoms with Gasteiger partial charge < -0.3 is 9.88 Å². The van der Waals surface area contributed by atoms with Crippen molar-refractivity contribution in [3.63, 3.8) is 0 Å². The average molecular weight is 270 g/mol. The first-order chi connectivity index (χ1) is 7.24. The van der Waals surface area contributed by atoms with Gasteiger partial charge in [0.15, 0.2) is 0 Å². The molecule has 3 heterocycles. The molecule has 0 aliphatic carbocycles. The van der Waals surface area contributed by atoms with Crippen molar-refractivity contribution in [3.8, 4) is 0 Å². The van der Waals surface area contributed by atoms with E-state index in [9.17, 15) is 4.79 Å². The van der Waals surface area contributed by atoms with Crippen molar-refractivity contribution in [2.75, 3.05) is 24.7 Å². The second kappa shape index (κ2) is 3.35. The molecule has 4 nitrogen and oxygen atoms in total. The summed E-state index contributed by atoms with van der Waals surface area (Å²) in [4.78, 5) is 19.1. The Kier molecular flexibility index (Phi) is 2.10. The average Bonchev–Trinajstić information content (AvgIpc) is 2.22. The van der Waals surface area contributed by atoms with E-state index in [1.165, 1.54) is 12.1 Å². The molecule has 3 rings (SSSR count). The molecular formula is C10H12BrN3O. The summed E-state index contributed by atoms with van der Waals surface area (Å²) in [7, 11) is 0. The quantitative estimate of drug-likeness (QED) is 0.768. The van der Waals surface area contributed by atoms with Crippen LogP contribution >= 0.6 is 15.9 Å². The number of hydrogen-bond donors (Lipinski definition) is 1. The van der Waals surface area contributed by atoms with Crippen molar-refractivity contribution >= 4 is 21.6 Å². The summed E-state index contributed by atoms with van der Waals surface area (Å²) >= 11 is 3.28. The zero-order valence-electron chi connectivity index (χ0n) is 8.29. The Morgan fingerprint density at radius 1 is 1.40 bits per heavy atom. The molecule has 2 aliphatic rings. The van der Waals surface area contributed by atoms with E-state index in [2.05, 4.69) is 30.7 Å². The van der Waals surface area contributed by atoms with Crippen molar-refractivity contribution < 1.29 is 0 Å². The second-order valence-electron chi connectivity index (χ2n) is 4.12. The van der Waals surface area contributed by atoms with E-state index in [1.54, 1.807) is 0 Å². The van der Waals surface area contributed by atoms with E-state index < -0.39 is 0 Å². The van der Waals surface area contributed by atoms with Crippen LogP contribution in [0.1, 0.15) is 12.1 Å². The lowest BCUT2D eigenvalue weighted by atomic mass is 10.1. The van der Waals surface area contributed by atoms with Crippen LogP contribution in [-0.2, 0) is 6.54 Å². The number of aromatic amines is 1. The molecule has 2 bridgehead atoms. The summed E-state index contributed by atoms with van der Waals surface area (Å²) in [6.07, 6.45) is 1.20. The van der Waals surface area contributed by atoms with Crippen LogP contribution in [0.4, 0.5) is 5.69 Å². The van der Waals surface area contributed by atoms with Gasteiger partial charge in [0.1, 0.15) is 0 Å². The molecule has 80 valence electrons. The van der Waals surface area contributed by atoms with Crippen LogP contribution in [0.5, 0.6) is 0 Å². The summed E-state index contributed by atoms with van der Waals surface area (Å²) in [5, 5.41) is 0. The smallest absolute Gasteiger partial charge is 0.262 e. The zero-order valence-corrected chi connectivity index (χ0v) is 9.88. The summed E-state index contributed by atoms with van der Waals surface area (Å²) in [6, 6.07) is 1.94. The van der Waals surface area contributed by atoms with Crippen molar-refractivity contribution in [3.05, 3.63) is 26.6 Å². The highest BCUT2D eigenvalue weighted by atomic mass is 79.9. The summed E-state index contributed by atoms with van der Waals surface area (Å²) in [6.45, 7) is 4.08. The molecular weight excluding hydrogens is 258 g/mol. The van der Waals surface area contributed by atoms with Gasteiger partial charge in [-0.25, -0.2) is 0 Å². The van der Waals surface area contributed by atoms with Gasteiger partial charge in [-0.1, -0.05) is 0 Å². The fourth-order valence-electron chi connectivity index (χ4n) is 2.35. The van der Waals surface area contributed by atoms with Gasteiger partial charge in [0, 0.05) is 19.6 Å². The molecule has 1 saturated heterocycles. The highest BCUT2D eigenvalue weighted by Crippen LogP contribution is 2.29. The first-order valence-electron chi connectivity index (χ1n) is 5.13. The predicted molar refractivity (Wildman–Crippen MR) is 62.0 cm³/mol. The third kappa shape index (κ3) is 1.50. The van der Waals surface area contributed by atoms with Gasteiger partial charge in [0.2, 0.25) is 0 Å². The number of nitrogens with zero attached hydrogens (tertiary/aromatic N) is 2. The van der Waals surface area contributed by atoms with Gasteiger partial charge in [-0.05, 0) is 28.4 Å². The van der Waals surface area contributed by atoms with Crippen LogP contribution in [0.15, 0.2) is 15.3 Å². The van der Waals surface area contributed by atoms with Crippen LogP contribution in [0, 0.1) is 0 Å². The third-order valence-corrected chi connectivity index (χ3v) is 3.64. The molecule has 0 saturated carbocycles. The van der Waals surface area contributed by atoms with Crippen LogP contribution in [-0.4, -0.2) is 29.6 Å². The molecule has 0 radical (unpaired) electrons. The third-order valence-electron chi connectivity index (χ3n) is 3.05. The minimum atomic E-state index is -0.0314. The molecule has 0 spiro atoms. The van der Waals surface area contributed by atoms with E-state index in [4.69, 9.17) is 0 Å². The van der Waals surface area contributed by atoms with Crippen molar-refractivity contribution in [2.24, 2.45) is 0 Å². The maximum atomic E-state index is 11.5. The van der Waals surface area contributed by atoms with Gasteiger partial charge >= 0.3 is 0 Å². The Labute approximate surface area is 96.0 Å². The Hall–Kier alpha value is -0.810. The Morgan fingerprint density at radius 3 is 3.13 bits per heavy atom. The van der Waals surface area contributed by atoms with Gasteiger partial charge in [-0.15, -0.1) is 0 Å². The SMILES string of the molecule is O=c1[nH]c2c(cc1Br)N1CCCN(C2)C1. The van der Waals surface area contributed by atoms with Gasteiger partial charge in [-0.3, -0.25) is 9.69 Å². The summed E-state index contributed by atoms with van der Waals surface area (Å²) < 4.78 is 0.625. The summed E-state index contributed by atoms with van der Waals surface area (Å²) in [5.41, 5.74) is 2.20. The van der Waals surface area contributed by atoms with Gasteiger partial charge in [-0.2, -0.15) is 0 Å². The number of pyridine rings is 1. The van der Waals surface area contributed by atoms with Crippen molar-refractivity contribution in [1.29, 1.82) is 0 Å². The number of hydrogen-bond acceptors (Lipinski definition) is 3. The number of anilines is 1. The fraction of sp³-hybridized carbons (Fsp3) is 0.500.